The van der Waals surface area contributed by atoms with Crippen molar-refractivity contribution in [2.45, 2.75) is 11.4 Å². The van der Waals surface area contributed by atoms with Gasteiger partial charge in [-0.25, -0.2) is 8.60 Å². The molecule has 0 aliphatic carbocycles. The molecule has 0 bridgehead atoms. The van der Waals surface area contributed by atoms with E-state index in [2.05, 4.69) is 10.1 Å². The Morgan fingerprint density at radius 2 is 1.77 bits per heavy atom. The van der Waals surface area contributed by atoms with Crippen molar-refractivity contribution in [1.29, 1.82) is 0 Å². The second-order valence-corrected chi connectivity index (χ2v) is 11.6. The van der Waals surface area contributed by atoms with Gasteiger partial charge in [-0.15, -0.1) is 0 Å². The molecule has 0 saturated heterocycles. The van der Waals surface area contributed by atoms with Crippen molar-refractivity contribution in [2.75, 3.05) is 18.5 Å². The highest BCUT2D eigenvalue weighted by Crippen LogP contribution is 2.42. The van der Waals surface area contributed by atoms with Gasteiger partial charge in [0, 0.05) is 33.0 Å². The summed E-state index contributed by atoms with van der Waals surface area (Å²) in [6.45, 7) is 0.266. The Morgan fingerprint density at radius 3 is 2.48 bits per heavy atom. The van der Waals surface area contributed by atoms with Crippen LogP contribution in [0.1, 0.15) is 5.56 Å². The molecule has 44 heavy (non-hydrogen) atoms. The summed E-state index contributed by atoms with van der Waals surface area (Å²) < 4.78 is 45.5. The molecule has 0 amide bonds. The Morgan fingerprint density at radius 1 is 0.955 bits per heavy atom. The van der Waals surface area contributed by atoms with Crippen LogP contribution < -0.4 is 13.8 Å². The standard InChI is InChI=1S/C33H25ClFN3O5S/c1-41-23-8-6-20(7-9-23)19-38(32-12-13-43-37-32)44(40)24-10-11-25-27(15-24)30(39)18-36-33(25)28-16-29(34)26(17-31(28)42-2)21-4-3-5-22(35)14-21/h3-18,39H,19H2,1-2H3. The Bertz CT molecular complexity index is 1990. The normalized spacial score (nSPS) is 11.8. The summed E-state index contributed by atoms with van der Waals surface area (Å²) in [7, 11) is 1.37. The number of hydrogen-bond acceptors (Lipinski definition) is 7. The Balaban J connectivity index is 1.40. The predicted molar refractivity (Wildman–Crippen MR) is 168 cm³/mol. The van der Waals surface area contributed by atoms with Gasteiger partial charge in [-0.1, -0.05) is 47.1 Å². The van der Waals surface area contributed by atoms with E-state index in [1.54, 1.807) is 59.9 Å². The summed E-state index contributed by atoms with van der Waals surface area (Å²) in [5, 5.41) is 16.2. The van der Waals surface area contributed by atoms with Gasteiger partial charge in [0.2, 0.25) is 0 Å². The van der Waals surface area contributed by atoms with Gasteiger partial charge >= 0.3 is 0 Å². The van der Waals surface area contributed by atoms with Crippen molar-refractivity contribution in [1.82, 2.24) is 10.1 Å². The molecule has 4 aromatic carbocycles. The van der Waals surface area contributed by atoms with Crippen LogP contribution in [0, 0.1) is 5.82 Å². The molecule has 0 aliphatic rings. The maximum absolute atomic E-state index is 14.0. The molecule has 0 saturated carbocycles. The Kier molecular flexibility index (Phi) is 8.19. The SMILES string of the molecule is COc1ccc(CN(c2ccon2)S(=O)c2ccc3c(-c4cc(Cl)c(-c5cccc(F)c5)cc4OC)ncc(O)c3c2)cc1. The first kappa shape index (κ1) is 29.2. The average molecular weight is 630 g/mol. The number of pyridine rings is 1. The summed E-state index contributed by atoms with van der Waals surface area (Å²) in [5.41, 5.74) is 3.13. The molecular formula is C33H25ClFN3O5S. The van der Waals surface area contributed by atoms with Gasteiger partial charge in [0.15, 0.2) is 16.8 Å². The van der Waals surface area contributed by atoms with Gasteiger partial charge in [0.25, 0.3) is 0 Å². The van der Waals surface area contributed by atoms with Gasteiger partial charge < -0.3 is 19.1 Å². The molecule has 6 aromatic rings. The van der Waals surface area contributed by atoms with Crippen LogP contribution in [0.25, 0.3) is 33.2 Å². The molecule has 1 unspecified atom stereocenters. The van der Waals surface area contributed by atoms with Crippen LogP contribution in [0.4, 0.5) is 10.2 Å². The zero-order valence-electron chi connectivity index (χ0n) is 23.5. The molecule has 222 valence electrons. The average Bonchev–Trinajstić information content (AvgIpc) is 3.58. The maximum Gasteiger partial charge on any atom is 0.184 e. The smallest absolute Gasteiger partial charge is 0.184 e. The van der Waals surface area contributed by atoms with Gasteiger partial charge in [0.1, 0.15) is 29.3 Å². The van der Waals surface area contributed by atoms with Gasteiger partial charge in [0.05, 0.1) is 37.6 Å². The third kappa shape index (κ3) is 5.69. The third-order valence-corrected chi connectivity index (χ3v) is 8.77. The van der Waals surface area contributed by atoms with Crippen LogP contribution >= 0.6 is 11.6 Å². The number of aromatic nitrogens is 2. The first-order valence-electron chi connectivity index (χ1n) is 13.3. The lowest BCUT2D eigenvalue weighted by atomic mass is 9.98. The molecule has 0 fully saturated rings. The van der Waals surface area contributed by atoms with E-state index in [0.717, 1.165) is 5.56 Å². The minimum atomic E-state index is -1.74. The van der Waals surface area contributed by atoms with Crippen LogP contribution in [0.2, 0.25) is 5.02 Å². The van der Waals surface area contributed by atoms with E-state index in [0.29, 0.717) is 60.4 Å². The number of rotatable bonds is 9. The molecule has 1 atom stereocenters. The first-order chi connectivity index (χ1) is 21.4. The zero-order chi connectivity index (χ0) is 30.8. The lowest BCUT2D eigenvalue weighted by Crippen LogP contribution is -2.25. The number of benzene rings is 4. The van der Waals surface area contributed by atoms with Crippen LogP contribution in [0.5, 0.6) is 17.2 Å². The molecule has 2 heterocycles. The highest BCUT2D eigenvalue weighted by Gasteiger charge is 2.22. The topological polar surface area (TPSA) is 97.9 Å². The van der Waals surface area contributed by atoms with Gasteiger partial charge in [-0.2, -0.15) is 0 Å². The van der Waals surface area contributed by atoms with Crippen LogP contribution in [0.3, 0.4) is 0 Å². The summed E-state index contributed by atoms with van der Waals surface area (Å²) in [5.74, 6) is 1.08. The quantitative estimate of drug-likeness (QED) is 0.174. The largest absolute Gasteiger partial charge is 0.506 e. The number of ether oxygens (including phenoxy) is 2. The summed E-state index contributed by atoms with van der Waals surface area (Å²) in [6, 6.07) is 23.7. The number of fused-ring (bicyclic) bond motifs is 1. The predicted octanol–water partition coefficient (Wildman–Crippen LogP) is 7.80. The van der Waals surface area contributed by atoms with Crippen LogP contribution in [0.15, 0.2) is 107 Å². The monoisotopic (exact) mass is 629 g/mol. The van der Waals surface area contributed by atoms with E-state index in [9.17, 15) is 13.7 Å². The number of methoxy groups -OCH3 is 2. The highest BCUT2D eigenvalue weighted by molar-refractivity contribution is 7.86. The van der Waals surface area contributed by atoms with E-state index < -0.39 is 11.0 Å². The number of anilines is 1. The molecule has 6 rings (SSSR count). The van der Waals surface area contributed by atoms with Crippen molar-refractivity contribution in [2.24, 2.45) is 0 Å². The highest BCUT2D eigenvalue weighted by atomic mass is 35.5. The van der Waals surface area contributed by atoms with Crippen molar-refractivity contribution in [3.8, 4) is 39.6 Å². The lowest BCUT2D eigenvalue weighted by Gasteiger charge is -2.21. The van der Waals surface area contributed by atoms with Crippen LogP contribution in [-0.4, -0.2) is 33.7 Å². The van der Waals surface area contributed by atoms with Crippen LogP contribution in [-0.2, 0) is 17.5 Å². The second-order valence-electron chi connectivity index (χ2n) is 9.73. The molecule has 1 N–H and O–H groups in total. The number of hydrogen-bond donors (Lipinski definition) is 1. The summed E-state index contributed by atoms with van der Waals surface area (Å²) in [4.78, 5) is 4.92. The summed E-state index contributed by atoms with van der Waals surface area (Å²) in [6.07, 6.45) is 2.74. The lowest BCUT2D eigenvalue weighted by molar-refractivity contribution is 0.414. The molecule has 11 heteroatoms. The maximum atomic E-state index is 14.0. The van der Waals surface area contributed by atoms with Crippen molar-refractivity contribution in [3.63, 3.8) is 0 Å². The van der Waals surface area contributed by atoms with E-state index in [4.69, 9.17) is 25.6 Å². The summed E-state index contributed by atoms with van der Waals surface area (Å²) >= 11 is 6.69. The van der Waals surface area contributed by atoms with Crippen molar-refractivity contribution >= 4 is 39.2 Å². The van der Waals surface area contributed by atoms with E-state index in [1.807, 2.05) is 24.3 Å². The fourth-order valence-corrected chi connectivity index (χ4v) is 6.36. The number of aromatic hydroxyl groups is 1. The Labute approximate surface area is 259 Å². The van der Waals surface area contributed by atoms with Gasteiger partial charge in [-0.3, -0.25) is 9.29 Å². The fourth-order valence-electron chi connectivity index (χ4n) is 4.90. The minimum Gasteiger partial charge on any atom is -0.506 e. The fraction of sp³-hybridized carbons (Fsp3) is 0.0909. The third-order valence-electron chi connectivity index (χ3n) is 7.08. The van der Waals surface area contributed by atoms with E-state index in [1.165, 1.54) is 31.7 Å². The molecule has 0 radical (unpaired) electrons. The first-order valence-corrected chi connectivity index (χ1v) is 14.8. The molecule has 0 spiro atoms. The van der Waals surface area contributed by atoms with Gasteiger partial charge in [-0.05, 0) is 59.7 Å². The van der Waals surface area contributed by atoms with E-state index in [-0.39, 0.29) is 18.1 Å². The number of halogens is 2. The van der Waals surface area contributed by atoms with Crippen molar-refractivity contribution < 1.29 is 27.7 Å². The molecular weight excluding hydrogens is 605 g/mol. The van der Waals surface area contributed by atoms with Crippen molar-refractivity contribution in [3.05, 3.63) is 114 Å². The Hall–Kier alpha value is -4.93. The number of nitrogens with zero attached hydrogens (tertiary/aromatic N) is 3. The minimum absolute atomic E-state index is 0.0906. The van der Waals surface area contributed by atoms with E-state index >= 15 is 0 Å². The molecule has 2 aromatic heterocycles. The molecule has 8 nitrogen and oxygen atoms in total. The zero-order valence-corrected chi connectivity index (χ0v) is 25.1. The molecule has 0 aliphatic heterocycles. The second kappa shape index (κ2) is 12.4.